The van der Waals surface area contributed by atoms with E-state index in [0.717, 1.165) is 6.42 Å². The third kappa shape index (κ3) is 3.20. The smallest absolute Gasteiger partial charge is 0.310 e. The Morgan fingerprint density at radius 3 is 2.81 bits per heavy atom. The molecule has 2 N–H and O–H groups in total. The highest BCUT2D eigenvalue weighted by Crippen LogP contribution is 2.09. The standard InChI is InChI=1S/C11H20N2O3/c1-4-16-11(15)7(2)8(3)13-9-5-6-12-10(9)14/h7-9,13H,4-6H2,1-3H3,(H,12,14)/t7-,8-,9-/m1/s1. The Kier molecular flexibility index (Phi) is 4.73. The molecule has 16 heavy (non-hydrogen) atoms. The van der Waals surface area contributed by atoms with Crippen LogP contribution in [0.2, 0.25) is 0 Å². The molecular weight excluding hydrogens is 208 g/mol. The highest BCUT2D eigenvalue weighted by Gasteiger charge is 2.29. The van der Waals surface area contributed by atoms with Gasteiger partial charge in [0, 0.05) is 12.6 Å². The number of rotatable bonds is 5. The van der Waals surface area contributed by atoms with Crippen LogP contribution in [0.5, 0.6) is 0 Å². The molecule has 92 valence electrons. The lowest BCUT2D eigenvalue weighted by molar-refractivity contribution is -0.148. The van der Waals surface area contributed by atoms with Crippen molar-refractivity contribution in [3.05, 3.63) is 0 Å². The molecule has 3 atom stereocenters. The monoisotopic (exact) mass is 228 g/mol. The lowest BCUT2D eigenvalue weighted by Crippen LogP contribution is -2.46. The minimum Gasteiger partial charge on any atom is -0.466 e. The summed E-state index contributed by atoms with van der Waals surface area (Å²) in [5.74, 6) is -0.447. The Morgan fingerprint density at radius 1 is 1.62 bits per heavy atom. The number of nitrogens with one attached hydrogen (secondary N) is 2. The fourth-order valence-corrected chi connectivity index (χ4v) is 1.69. The average Bonchev–Trinajstić information content (AvgIpc) is 2.63. The molecule has 0 aromatic rings. The van der Waals surface area contributed by atoms with Crippen LogP contribution < -0.4 is 10.6 Å². The maximum atomic E-state index is 11.5. The topological polar surface area (TPSA) is 67.4 Å². The van der Waals surface area contributed by atoms with E-state index in [1.165, 1.54) is 0 Å². The minimum absolute atomic E-state index is 0.0166. The molecule has 0 aromatic heterocycles. The summed E-state index contributed by atoms with van der Waals surface area (Å²) in [6.07, 6.45) is 0.777. The molecule has 1 aliphatic rings. The van der Waals surface area contributed by atoms with Crippen molar-refractivity contribution in [1.29, 1.82) is 0 Å². The maximum Gasteiger partial charge on any atom is 0.310 e. The lowest BCUT2D eigenvalue weighted by atomic mass is 10.0. The van der Waals surface area contributed by atoms with Crippen LogP contribution in [-0.4, -0.2) is 37.1 Å². The van der Waals surface area contributed by atoms with E-state index in [9.17, 15) is 9.59 Å². The Bertz CT molecular complexity index is 268. The van der Waals surface area contributed by atoms with Gasteiger partial charge in [0.2, 0.25) is 5.91 Å². The van der Waals surface area contributed by atoms with Gasteiger partial charge >= 0.3 is 5.97 Å². The van der Waals surface area contributed by atoms with Crippen molar-refractivity contribution >= 4 is 11.9 Å². The van der Waals surface area contributed by atoms with Gasteiger partial charge in [-0.15, -0.1) is 0 Å². The zero-order chi connectivity index (χ0) is 12.1. The summed E-state index contributed by atoms with van der Waals surface area (Å²) in [5, 5.41) is 5.91. The molecule has 1 heterocycles. The predicted octanol–water partition coefficient (Wildman–Crippen LogP) is 0.0522. The van der Waals surface area contributed by atoms with Crippen LogP contribution in [0, 0.1) is 5.92 Å². The zero-order valence-corrected chi connectivity index (χ0v) is 10.1. The SMILES string of the molecule is CCOC(=O)[C@H](C)[C@@H](C)N[C@@H]1CCNC1=O. The number of ether oxygens (including phenoxy) is 1. The third-order valence-corrected chi connectivity index (χ3v) is 2.92. The summed E-state index contributed by atoms with van der Waals surface area (Å²) in [5.41, 5.74) is 0. The van der Waals surface area contributed by atoms with Crippen LogP contribution in [0.4, 0.5) is 0 Å². The number of carbonyl (C=O) groups excluding carboxylic acids is 2. The second-order valence-electron chi connectivity index (χ2n) is 4.13. The van der Waals surface area contributed by atoms with Crippen molar-refractivity contribution in [2.24, 2.45) is 5.92 Å². The maximum absolute atomic E-state index is 11.5. The molecule has 0 saturated carbocycles. The van der Waals surface area contributed by atoms with Crippen LogP contribution in [0.1, 0.15) is 27.2 Å². The van der Waals surface area contributed by atoms with E-state index in [1.54, 1.807) is 6.92 Å². The van der Waals surface area contributed by atoms with E-state index < -0.39 is 0 Å². The first-order valence-electron chi connectivity index (χ1n) is 5.76. The van der Waals surface area contributed by atoms with E-state index in [2.05, 4.69) is 10.6 Å². The van der Waals surface area contributed by atoms with Crippen LogP contribution in [-0.2, 0) is 14.3 Å². The molecule has 0 bridgehead atoms. The van der Waals surface area contributed by atoms with Gasteiger partial charge in [-0.1, -0.05) is 6.92 Å². The van der Waals surface area contributed by atoms with Gasteiger partial charge in [-0.05, 0) is 20.3 Å². The van der Waals surface area contributed by atoms with Gasteiger partial charge in [-0.2, -0.15) is 0 Å². The lowest BCUT2D eigenvalue weighted by Gasteiger charge is -2.22. The first-order valence-corrected chi connectivity index (χ1v) is 5.76. The van der Waals surface area contributed by atoms with E-state index in [0.29, 0.717) is 13.2 Å². The van der Waals surface area contributed by atoms with Gasteiger partial charge in [0.05, 0.1) is 18.6 Å². The largest absolute Gasteiger partial charge is 0.466 e. The van der Waals surface area contributed by atoms with E-state index in [-0.39, 0.29) is 29.9 Å². The molecule has 5 heteroatoms. The van der Waals surface area contributed by atoms with Gasteiger partial charge in [0.15, 0.2) is 0 Å². The summed E-state index contributed by atoms with van der Waals surface area (Å²) < 4.78 is 4.94. The van der Waals surface area contributed by atoms with Crippen LogP contribution >= 0.6 is 0 Å². The summed E-state index contributed by atoms with van der Waals surface area (Å²) in [6, 6.07) is -0.236. The zero-order valence-electron chi connectivity index (χ0n) is 10.1. The molecule has 0 spiro atoms. The van der Waals surface area contributed by atoms with Crippen molar-refractivity contribution in [2.75, 3.05) is 13.2 Å². The first kappa shape index (κ1) is 13.0. The Morgan fingerprint density at radius 2 is 2.31 bits per heavy atom. The third-order valence-electron chi connectivity index (χ3n) is 2.92. The number of amides is 1. The van der Waals surface area contributed by atoms with Gasteiger partial charge in [-0.3, -0.25) is 9.59 Å². The average molecular weight is 228 g/mol. The van der Waals surface area contributed by atoms with Crippen LogP contribution in [0.3, 0.4) is 0 Å². The molecular formula is C11H20N2O3. The molecule has 1 aliphatic heterocycles. The van der Waals surface area contributed by atoms with Gasteiger partial charge in [0.1, 0.15) is 0 Å². The van der Waals surface area contributed by atoms with E-state index >= 15 is 0 Å². The fourth-order valence-electron chi connectivity index (χ4n) is 1.69. The summed E-state index contributed by atoms with van der Waals surface area (Å²) in [7, 11) is 0. The molecule has 0 aromatic carbocycles. The van der Waals surface area contributed by atoms with Crippen LogP contribution in [0.25, 0.3) is 0 Å². The fraction of sp³-hybridized carbons (Fsp3) is 0.818. The molecule has 0 radical (unpaired) electrons. The summed E-state index contributed by atoms with van der Waals surface area (Å²) in [4.78, 5) is 22.8. The van der Waals surface area contributed by atoms with Gasteiger partial charge in [-0.25, -0.2) is 0 Å². The van der Waals surface area contributed by atoms with Crippen molar-refractivity contribution in [3.63, 3.8) is 0 Å². The van der Waals surface area contributed by atoms with Crippen molar-refractivity contribution in [3.8, 4) is 0 Å². The second kappa shape index (κ2) is 5.84. The van der Waals surface area contributed by atoms with Crippen molar-refractivity contribution < 1.29 is 14.3 Å². The predicted molar refractivity (Wildman–Crippen MR) is 59.8 cm³/mol. The van der Waals surface area contributed by atoms with Crippen molar-refractivity contribution in [2.45, 2.75) is 39.3 Å². The summed E-state index contributed by atoms with van der Waals surface area (Å²) >= 11 is 0. The second-order valence-corrected chi connectivity index (χ2v) is 4.13. The van der Waals surface area contributed by atoms with E-state index in [4.69, 9.17) is 4.74 Å². The molecule has 1 rings (SSSR count). The minimum atomic E-state index is -0.242. The quantitative estimate of drug-likeness (QED) is 0.653. The normalized spacial score (nSPS) is 23.7. The van der Waals surface area contributed by atoms with Gasteiger partial charge in [0.25, 0.3) is 0 Å². The molecule has 1 saturated heterocycles. The Labute approximate surface area is 95.9 Å². The van der Waals surface area contributed by atoms with Crippen LogP contribution in [0.15, 0.2) is 0 Å². The number of esters is 1. The Hall–Kier alpha value is -1.10. The highest BCUT2D eigenvalue weighted by molar-refractivity contribution is 5.83. The van der Waals surface area contributed by atoms with E-state index in [1.807, 2.05) is 13.8 Å². The molecule has 0 unspecified atom stereocenters. The summed E-state index contributed by atoms with van der Waals surface area (Å²) in [6.45, 7) is 6.58. The molecule has 5 nitrogen and oxygen atoms in total. The highest BCUT2D eigenvalue weighted by atomic mass is 16.5. The van der Waals surface area contributed by atoms with Crippen molar-refractivity contribution in [1.82, 2.24) is 10.6 Å². The Balaban J connectivity index is 2.41. The molecule has 1 amide bonds. The number of hydrogen-bond donors (Lipinski definition) is 2. The molecule has 1 fully saturated rings. The van der Waals surface area contributed by atoms with Gasteiger partial charge < -0.3 is 15.4 Å². The number of hydrogen-bond acceptors (Lipinski definition) is 4. The first-order chi connectivity index (χ1) is 7.56. The molecule has 0 aliphatic carbocycles. The number of carbonyl (C=O) groups is 2.